The van der Waals surface area contributed by atoms with Crippen LogP contribution in [0.2, 0.25) is 0 Å². The fraction of sp³-hybridized carbons (Fsp3) is 0.138. The van der Waals surface area contributed by atoms with Crippen molar-refractivity contribution in [2.75, 3.05) is 6.61 Å². The maximum atomic E-state index is 13.4. The Labute approximate surface area is 211 Å². The predicted octanol–water partition coefficient (Wildman–Crippen LogP) is 5.41. The van der Waals surface area contributed by atoms with Crippen molar-refractivity contribution >= 4 is 33.4 Å². The highest BCUT2D eigenvalue weighted by atomic mass is 32.1. The zero-order chi connectivity index (χ0) is 24.6. The molecule has 0 radical (unpaired) electrons. The van der Waals surface area contributed by atoms with Gasteiger partial charge >= 0.3 is 0 Å². The molecule has 3 heterocycles. The van der Waals surface area contributed by atoms with Crippen LogP contribution in [0.4, 0.5) is 0 Å². The summed E-state index contributed by atoms with van der Waals surface area (Å²) in [5, 5.41) is 4.95. The molecule has 3 aromatic carbocycles. The molecule has 0 atom stereocenters. The van der Waals surface area contributed by atoms with E-state index in [4.69, 9.17) is 9.84 Å². The summed E-state index contributed by atoms with van der Waals surface area (Å²) < 4.78 is 10.00. The van der Waals surface area contributed by atoms with Crippen LogP contribution in [0, 0.1) is 6.92 Å². The quantitative estimate of drug-likeness (QED) is 0.312. The summed E-state index contributed by atoms with van der Waals surface area (Å²) >= 11 is 1.40. The number of imidazole rings is 1. The number of nitrogens with zero attached hydrogens (tertiary/aromatic N) is 4. The molecule has 36 heavy (non-hydrogen) atoms. The summed E-state index contributed by atoms with van der Waals surface area (Å²) in [6.07, 6.45) is 4.86. The molecule has 0 spiro atoms. The molecule has 0 aliphatic carbocycles. The van der Waals surface area contributed by atoms with E-state index in [2.05, 4.69) is 18.8 Å². The summed E-state index contributed by atoms with van der Waals surface area (Å²) in [6.45, 7) is 4.83. The van der Waals surface area contributed by atoms with Gasteiger partial charge in [-0.25, -0.2) is 14.1 Å². The van der Waals surface area contributed by atoms with Gasteiger partial charge in [-0.05, 0) is 67.4 Å². The van der Waals surface area contributed by atoms with Gasteiger partial charge in [0.15, 0.2) is 4.96 Å². The molecule has 0 saturated heterocycles. The number of fused-ring (bicyclic) bond motifs is 3. The van der Waals surface area contributed by atoms with Crippen LogP contribution >= 0.6 is 11.3 Å². The summed E-state index contributed by atoms with van der Waals surface area (Å²) in [5.41, 5.74) is 6.28. The molecule has 0 aliphatic rings. The van der Waals surface area contributed by atoms with E-state index >= 15 is 0 Å². The minimum Gasteiger partial charge on any atom is -0.494 e. The highest BCUT2D eigenvalue weighted by Gasteiger charge is 2.16. The highest BCUT2D eigenvalue weighted by Crippen LogP contribution is 2.30. The molecule has 0 fully saturated rings. The lowest BCUT2D eigenvalue weighted by Gasteiger charge is -2.09. The first-order chi connectivity index (χ1) is 17.6. The molecule has 3 aromatic heterocycles. The number of aromatic nitrogens is 4. The lowest BCUT2D eigenvalue weighted by atomic mass is 10.0. The standard InChI is InChI=1S/C29H24N4O2S/c1-3-15-35-22-13-14-23(19(2)16-22)27-20(18-32(31-27)21-9-5-4-6-10-21)17-26-28(34)33-25-12-8-7-11-24(25)30-29(33)36-26/h4-14,16-18H,3,15H2,1-2H3. The first-order valence-corrected chi connectivity index (χ1v) is 12.7. The SMILES string of the molecule is CCCOc1ccc(-c2nn(-c3ccccc3)cc2C=c2sc3nc4ccccc4n3c2=O)c(C)c1. The maximum Gasteiger partial charge on any atom is 0.274 e. The Balaban J connectivity index is 1.53. The molecular formula is C29H24N4O2S. The van der Waals surface area contributed by atoms with Gasteiger partial charge in [-0.15, -0.1) is 0 Å². The van der Waals surface area contributed by atoms with E-state index in [9.17, 15) is 4.79 Å². The Bertz CT molecular complexity index is 1820. The third-order valence-corrected chi connectivity index (χ3v) is 7.09. The maximum absolute atomic E-state index is 13.4. The lowest BCUT2D eigenvalue weighted by Crippen LogP contribution is -2.22. The van der Waals surface area contributed by atoms with E-state index in [-0.39, 0.29) is 5.56 Å². The molecule has 0 N–H and O–H groups in total. The normalized spacial score (nSPS) is 12.1. The van der Waals surface area contributed by atoms with Crippen LogP contribution in [-0.4, -0.2) is 25.8 Å². The first kappa shape index (κ1) is 22.2. The molecule has 0 bridgehead atoms. The Kier molecular flexibility index (Phi) is 5.62. The molecule has 0 aliphatic heterocycles. The smallest absolute Gasteiger partial charge is 0.274 e. The number of thiazole rings is 1. The van der Waals surface area contributed by atoms with Crippen molar-refractivity contribution in [1.29, 1.82) is 0 Å². The molecule has 0 unspecified atom stereocenters. The van der Waals surface area contributed by atoms with Crippen molar-refractivity contribution in [2.24, 2.45) is 0 Å². The first-order valence-electron chi connectivity index (χ1n) is 11.9. The fourth-order valence-electron chi connectivity index (χ4n) is 4.38. The number of ether oxygens (including phenoxy) is 1. The minimum absolute atomic E-state index is 0.0675. The Morgan fingerprint density at radius 2 is 1.83 bits per heavy atom. The van der Waals surface area contributed by atoms with E-state index < -0.39 is 0 Å². The lowest BCUT2D eigenvalue weighted by molar-refractivity contribution is 0.317. The van der Waals surface area contributed by atoms with Crippen molar-refractivity contribution in [3.63, 3.8) is 0 Å². The second-order valence-corrected chi connectivity index (χ2v) is 9.68. The fourth-order valence-corrected chi connectivity index (χ4v) is 5.36. The van der Waals surface area contributed by atoms with Gasteiger partial charge in [-0.2, -0.15) is 5.10 Å². The average Bonchev–Trinajstić information content (AvgIpc) is 3.56. The molecule has 0 saturated carbocycles. The number of benzene rings is 3. The van der Waals surface area contributed by atoms with Crippen LogP contribution in [0.15, 0.2) is 83.8 Å². The zero-order valence-electron chi connectivity index (χ0n) is 20.0. The van der Waals surface area contributed by atoms with E-state index in [1.54, 1.807) is 4.40 Å². The predicted molar refractivity (Wildman–Crippen MR) is 145 cm³/mol. The van der Waals surface area contributed by atoms with Crippen molar-refractivity contribution < 1.29 is 4.74 Å². The number of hydrogen-bond donors (Lipinski definition) is 0. The van der Waals surface area contributed by atoms with Crippen LogP contribution in [0.3, 0.4) is 0 Å². The van der Waals surface area contributed by atoms with Crippen molar-refractivity contribution in [2.45, 2.75) is 20.3 Å². The van der Waals surface area contributed by atoms with Crippen molar-refractivity contribution in [3.8, 4) is 22.7 Å². The minimum atomic E-state index is -0.0675. The summed E-state index contributed by atoms with van der Waals surface area (Å²) in [4.78, 5) is 18.7. The summed E-state index contributed by atoms with van der Waals surface area (Å²) in [7, 11) is 0. The van der Waals surface area contributed by atoms with Crippen LogP contribution in [0.1, 0.15) is 24.5 Å². The van der Waals surface area contributed by atoms with E-state index in [1.165, 1.54) is 11.3 Å². The van der Waals surface area contributed by atoms with Crippen molar-refractivity contribution in [1.82, 2.24) is 19.2 Å². The van der Waals surface area contributed by atoms with Crippen LogP contribution in [-0.2, 0) is 0 Å². The van der Waals surface area contributed by atoms with Crippen molar-refractivity contribution in [3.05, 3.63) is 105 Å². The Hall–Kier alpha value is -4.23. The van der Waals surface area contributed by atoms with E-state index in [1.807, 2.05) is 89.8 Å². The summed E-state index contributed by atoms with van der Waals surface area (Å²) in [6, 6.07) is 23.8. The van der Waals surface area contributed by atoms with Gasteiger partial charge in [0, 0.05) is 17.3 Å². The number of para-hydroxylation sites is 3. The van der Waals surface area contributed by atoms with Gasteiger partial charge in [0.05, 0.1) is 27.9 Å². The molecular weight excluding hydrogens is 468 g/mol. The van der Waals surface area contributed by atoms with Gasteiger partial charge in [0.1, 0.15) is 11.4 Å². The van der Waals surface area contributed by atoms with Gasteiger partial charge < -0.3 is 4.74 Å². The van der Waals surface area contributed by atoms with Crippen LogP contribution in [0.5, 0.6) is 5.75 Å². The van der Waals surface area contributed by atoms with Gasteiger partial charge in [-0.1, -0.05) is 48.6 Å². The van der Waals surface area contributed by atoms with Gasteiger partial charge in [0.25, 0.3) is 5.56 Å². The van der Waals surface area contributed by atoms with E-state index in [0.29, 0.717) is 16.1 Å². The molecule has 0 amide bonds. The van der Waals surface area contributed by atoms with Gasteiger partial charge in [-0.3, -0.25) is 4.79 Å². The summed E-state index contributed by atoms with van der Waals surface area (Å²) in [5.74, 6) is 0.847. The number of hydrogen-bond acceptors (Lipinski definition) is 5. The topological polar surface area (TPSA) is 61.4 Å². The zero-order valence-corrected chi connectivity index (χ0v) is 20.8. The molecule has 6 nitrogen and oxygen atoms in total. The van der Waals surface area contributed by atoms with Crippen LogP contribution < -0.4 is 14.8 Å². The second-order valence-electron chi connectivity index (χ2n) is 8.67. The van der Waals surface area contributed by atoms with Crippen LogP contribution in [0.25, 0.3) is 39.0 Å². The number of aryl methyl sites for hydroxylation is 1. The third-order valence-electron chi connectivity index (χ3n) is 6.12. The molecule has 7 heteroatoms. The monoisotopic (exact) mass is 492 g/mol. The third kappa shape index (κ3) is 3.87. The average molecular weight is 493 g/mol. The molecule has 6 rings (SSSR count). The number of rotatable bonds is 6. The largest absolute Gasteiger partial charge is 0.494 e. The Morgan fingerprint density at radius 1 is 1.03 bits per heavy atom. The van der Waals surface area contributed by atoms with E-state index in [0.717, 1.165) is 51.3 Å². The highest BCUT2D eigenvalue weighted by molar-refractivity contribution is 7.15. The molecule has 6 aromatic rings. The van der Waals surface area contributed by atoms with Gasteiger partial charge in [0.2, 0.25) is 0 Å². The molecule has 178 valence electrons. The Morgan fingerprint density at radius 3 is 2.64 bits per heavy atom. The second kappa shape index (κ2) is 9.09.